The van der Waals surface area contributed by atoms with Crippen molar-refractivity contribution >= 4 is 28.4 Å². The molecule has 134 valence electrons. The van der Waals surface area contributed by atoms with Gasteiger partial charge in [0.15, 0.2) is 0 Å². The van der Waals surface area contributed by atoms with Crippen molar-refractivity contribution in [1.82, 2.24) is 9.47 Å². The first-order valence-corrected chi connectivity index (χ1v) is 8.70. The Labute approximate surface area is 158 Å². The van der Waals surface area contributed by atoms with E-state index in [4.69, 9.17) is 16.3 Å². The van der Waals surface area contributed by atoms with Gasteiger partial charge < -0.3 is 14.2 Å². The number of rotatable bonds is 6. The van der Waals surface area contributed by atoms with Gasteiger partial charge in [0.1, 0.15) is 11.4 Å². The molecule has 1 heterocycles. The molecule has 0 fully saturated rings. The number of halogens is 1. The fourth-order valence-corrected chi connectivity index (χ4v) is 3.19. The minimum atomic E-state index is -0.0550. The van der Waals surface area contributed by atoms with E-state index in [0.29, 0.717) is 23.8 Å². The van der Waals surface area contributed by atoms with Crippen LogP contribution in [-0.2, 0) is 13.6 Å². The van der Waals surface area contributed by atoms with Gasteiger partial charge in [0.25, 0.3) is 5.91 Å². The Hall–Kier alpha value is -2.72. The van der Waals surface area contributed by atoms with Gasteiger partial charge in [-0.2, -0.15) is 0 Å². The second kappa shape index (κ2) is 7.67. The molecule has 0 spiro atoms. The Morgan fingerprint density at radius 3 is 2.65 bits per heavy atom. The van der Waals surface area contributed by atoms with Gasteiger partial charge in [0, 0.05) is 30.5 Å². The average Bonchev–Trinajstić information content (AvgIpc) is 2.99. The molecule has 5 heteroatoms. The van der Waals surface area contributed by atoms with E-state index in [1.807, 2.05) is 60.1 Å². The molecule has 26 heavy (non-hydrogen) atoms. The van der Waals surface area contributed by atoms with E-state index in [1.165, 1.54) is 0 Å². The number of hydrogen-bond donors (Lipinski definition) is 0. The summed E-state index contributed by atoms with van der Waals surface area (Å²) in [6.45, 7) is 4.73. The summed E-state index contributed by atoms with van der Waals surface area (Å²) in [5, 5.41) is 1.60. The zero-order valence-electron chi connectivity index (χ0n) is 14.9. The van der Waals surface area contributed by atoms with Crippen molar-refractivity contribution in [1.29, 1.82) is 0 Å². The summed E-state index contributed by atoms with van der Waals surface area (Å²) in [5.74, 6) is 0.700. The highest BCUT2D eigenvalue weighted by atomic mass is 35.5. The summed E-state index contributed by atoms with van der Waals surface area (Å²) in [4.78, 5) is 14.9. The molecule has 0 N–H and O–H groups in total. The van der Waals surface area contributed by atoms with E-state index in [2.05, 4.69) is 6.58 Å². The molecule has 0 atom stereocenters. The van der Waals surface area contributed by atoms with E-state index >= 15 is 0 Å². The van der Waals surface area contributed by atoms with E-state index < -0.39 is 0 Å². The van der Waals surface area contributed by atoms with E-state index in [0.717, 1.165) is 22.2 Å². The van der Waals surface area contributed by atoms with Crippen molar-refractivity contribution in [3.63, 3.8) is 0 Å². The number of fused-ring (bicyclic) bond motifs is 1. The van der Waals surface area contributed by atoms with Crippen LogP contribution >= 0.6 is 11.6 Å². The third-order valence-electron chi connectivity index (χ3n) is 4.41. The molecule has 0 unspecified atom stereocenters. The average molecular weight is 369 g/mol. The highest BCUT2D eigenvalue weighted by molar-refractivity contribution is 6.30. The largest absolute Gasteiger partial charge is 0.496 e. The minimum absolute atomic E-state index is 0.0550. The van der Waals surface area contributed by atoms with Gasteiger partial charge in [-0.25, -0.2) is 0 Å². The molecule has 0 aliphatic heterocycles. The van der Waals surface area contributed by atoms with Gasteiger partial charge in [-0.15, -0.1) is 6.58 Å². The van der Waals surface area contributed by atoms with Crippen LogP contribution in [0.3, 0.4) is 0 Å². The monoisotopic (exact) mass is 368 g/mol. The van der Waals surface area contributed by atoms with Crippen LogP contribution in [0.2, 0.25) is 5.02 Å². The van der Waals surface area contributed by atoms with Crippen molar-refractivity contribution < 1.29 is 9.53 Å². The van der Waals surface area contributed by atoms with Crippen molar-refractivity contribution in [3.05, 3.63) is 77.5 Å². The number of amides is 1. The number of hydrogen-bond acceptors (Lipinski definition) is 2. The number of aryl methyl sites for hydroxylation is 1. The zero-order valence-corrected chi connectivity index (χ0v) is 15.7. The summed E-state index contributed by atoms with van der Waals surface area (Å²) in [6, 6.07) is 15.2. The maximum Gasteiger partial charge on any atom is 0.271 e. The maximum absolute atomic E-state index is 13.2. The number of benzene rings is 2. The lowest BCUT2D eigenvalue weighted by Crippen LogP contribution is -2.32. The van der Waals surface area contributed by atoms with Crippen LogP contribution < -0.4 is 4.74 Å². The standard InChI is InChI=1S/C21H21ClN2O2/c1-4-12-24(14-15-8-10-16(22)11-9-15)21(25)19-13-17-18(23(19)2)6-5-7-20(17)26-3/h4-11,13H,1,12,14H2,2-3H3. The number of nitrogens with zero attached hydrogens (tertiary/aromatic N) is 2. The molecular formula is C21H21ClN2O2. The Morgan fingerprint density at radius 2 is 2.00 bits per heavy atom. The van der Waals surface area contributed by atoms with Crippen molar-refractivity contribution in [2.75, 3.05) is 13.7 Å². The number of carbonyl (C=O) groups excluding carboxylic acids is 1. The molecule has 1 amide bonds. The SMILES string of the molecule is C=CCN(Cc1ccc(Cl)cc1)C(=O)c1cc2c(OC)cccc2n1C. The first kappa shape index (κ1) is 18.1. The first-order chi connectivity index (χ1) is 12.5. The number of carbonyl (C=O) groups is 1. The third kappa shape index (κ3) is 3.46. The molecule has 2 aromatic carbocycles. The lowest BCUT2D eigenvalue weighted by Gasteiger charge is -2.21. The summed E-state index contributed by atoms with van der Waals surface area (Å²) in [7, 11) is 3.53. The van der Waals surface area contributed by atoms with Gasteiger partial charge in [0.05, 0.1) is 12.6 Å². The molecule has 0 saturated carbocycles. The zero-order chi connectivity index (χ0) is 18.7. The highest BCUT2D eigenvalue weighted by Crippen LogP contribution is 2.28. The summed E-state index contributed by atoms with van der Waals surface area (Å²) >= 11 is 5.95. The Bertz CT molecular complexity index is 945. The molecular weight excluding hydrogens is 348 g/mol. The molecule has 0 saturated heterocycles. The lowest BCUT2D eigenvalue weighted by atomic mass is 10.2. The minimum Gasteiger partial charge on any atom is -0.496 e. The quantitative estimate of drug-likeness (QED) is 0.592. The van der Waals surface area contributed by atoms with E-state index in [1.54, 1.807) is 18.1 Å². The Kier molecular flexibility index (Phi) is 5.33. The molecule has 0 radical (unpaired) electrons. The van der Waals surface area contributed by atoms with Crippen LogP contribution in [0, 0.1) is 0 Å². The van der Waals surface area contributed by atoms with Crippen LogP contribution in [0.5, 0.6) is 5.75 Å². The number of aromatic nitrogens is 1. The fraction of sp³-hybridized carbons (Fsp3) is 0.190. The van der Waals surface area contributed by atoms with Crippen LogP contribution in [0.4, 0.5) is 0 Å². The van der Waals surface area contributed by atoms with Gasteiger partial charge in [-0.3, -0.25) is 4.79 Å². The molecule has 3 rings (SSSR count). The number of methoxy groups -OCH3 is 1. The Morgan fingerprint density at radius 1 is 1.27 bits per heavy atom. The van der Waals surface area contributed by atoms with Crippen LogP contribution in [0.25, 0.3) is 10.9 Å². The molecule has 0 aliphatic rings. The van der Waals surface area contributed by atoms with Gasteiger partial charge in [-0.05, 0) is 35.9 Å². The topological polar surface area (TPSA) is 34.5 Å². The summed E-state index contributed by atoms with van der Waals surface area (Å²) < 4.78 is 7.32. The molecule has 0 aliphatic carbocycles. The highest BCUT2D eigenvalue weighted by Gasteiger charge is 2.21. The normalized spacial score (nSPS) is 10.7. The van der Waals surface area contributed by atoms with Crippen molar-refractivity contribution in [3.8, 4) is 5.75 Å². The van der Waals surface area contributed by atoms with Crippen LogP contribution in [-0.4, -0.2) is 29.0 Å². The van der Waals surface area contributed by atoms with E-state index in [-0.39, 0.29) is 5.91 Å². The van der Waals surface area contributed by atoms with Gasteiger partial charge in [-0.1, -0.05) is 35.9 Å². The second-order valence-corrected chi connectivity index (χ2v) is 6.52. The van der Waals surface area contributed by atoms with E-state index in [9.17, 15) is 4.79 Å². The van der Waals surface area contributed by atoms with Crippen LogP contribution in [0.15, 0.2) is 61.2 Å². The molecule has 0 bridgehead atoms. The fourth-order valence-electron chi connectivity index (χ4n) is 3.06. The number of ether oxygens (including phenoxy) is 1. The summed E-state index contributed by atoms with van der Waals surface area (Å²) in [5.41, 5.74) is 2.58. The van der Waals surface area contributed by atoms with Crippen LogP contribution in [0.1, 0.15) is 16.1 Å². The summed E-state index contributed by atoms with van der Waals surface area (Å²) in [6.07, 6.45) is 1.73. The predicted octanol–water partition coefficient (Wildman–Crippen LogP) is 4.67. The first-order valence-electron chi connectivity index (χ1n) is 8.32. The van der Waals surface area contributed by atoms with Crippen molar-refractivity contribution in [2.24, 2.45) is 7.05 Å². The third-order valence-corrected chi connectivity index (χ3v) is 4.66. The maximum atomic E-state index is 13.2. The lowest BCUT2D eigenvalue weighted by molar-refractivity contribution is 0.0753. The molecule has 1 aromatic heterocycles. The predicted molar refractivity (Wildman–Crippen MR) is 106 cm³/mol. The van der Waals surface area contributed by atoms with Gasteiger partial charge in [0.2, 0.25) is 0 Å². The molecule has 3 aromatic rings. The smallest absolute Gasteiger partial charge is 0.271 e. The Balaban J connectivity index is 1.96. The second-order valence-electron chi connectivity index (χ2n) is 6.08. The molecule has 4 nitrogen and oxygen atoms in total. The van der Waals surface area contributed by atoms with Crippen molar-refractivity contribution in [2.45, 2.75) is 6.54 Å². The van der Waals surface area contributed by atoms with Gasteiger partial charge >= 0.3 is 0 Å².